The van der Waals surface area contributed by atoms with Gasteiger partial charge in [-0.3, -0.25) is 19.1 Å². The van der Waals surface area contributed by atoms with Crippen molar-refractivity contribution in [2.75, 3.05) is 11.9 Å². The van der Waals surface area contributed by atoms with Crippen molar-refractivity contribution in [2.45, 2.75) is 94.2 Å². The number of ether oxygens (including phenoxy) is 1. The van der Waals surface area contributed by atoms with E-state index in [9.17, 15) is 27.2 Å². The lowest BCUT2D eigenvalue weighted by molar-refractivity contribution is -0.140. The van der Waals surface area contributed by atoms with Crippen LogP contribution in [-0.2, 0) is 24.4 Å². The van der Waals surface area contributed by atoms with Crippen molar-refractivity contribution < 1.29 is 31.9 Å². The van der Waals surface area contributed by atoms with Gasteiger partial charge in [0, 0.05) is 28.8 Å². The molecule has 2 saturated carbocycles. The van der Waals surface area contributed by atoms with E-state index in [1.54, 1.807) is 12.1 Å². The van der Waals surface area contributed by atoms with E-state index in [0.717, 1.165) is 30.4 Å². The van der Waals surface area contributed by atoms with Crippen LogP contribution in [0.2, 0.25) is 0 Å². The number of halogens is 1. The SMILES string of the molecule is C.O=C1N[C@]2(C(=O)NS(=O)(=O)C3CC3)C[C@H]2/C=C\CCCCC[C@H](Nc2nc(-c3ccc(F)cc3)cs2)C(=O)N2C[C@H](Oc3nc(-c4ccccc4)nc4ccccc34)C[C@@H]12. The highest BCUT2D eigenvalue weighted by atomic mass is 32.2. The van der Waals surface area contributed by atoms with Crippen molar-refractivity contribution in [2.24, 2.45) is 5.92 Å². The lowest BCUT2D eigenvalue weighted by atomic mass is 10.1. The minimum absolute atomic E-state index is 0. The average molecular weight is 866 g/mol. The zero-order valence-corrected chi connectivity index (χ0v) is 34.3. The summed E-state index contributed by atoms with van der Waals surface area (Å²) in [7, 11) is -3.90. The Hall–Kier alpha value is -5.74. The summed E-state index contributed by atoms with van der Waals surface area (Å²) in [4.78, 5) is 59.3. The summed E-state index contributed by atoms with van der Waals surface area (Å²) in [6.07, 6.45) is 7.98. The predicted octanol–water partition coefficient (Wildman–Crippen LogP) is 7.03. The van der Waals surface area contributed by atoms with E-state index >= 15 is 0 Å². The molecular formula is C45H48FN7O6S2. The first kappa shape index (κ1) is 42.0. The monoisotopic (exact) mass is 865 g/mol. The molecule has 2 aromatic heterocycles. The summed E-state index contributed by atoms with van der Waals surface area (Å²) in [6, 6.07) is 21.2. The van der Waals surface area contributed by atoms with Gasteiger partial charge in [0.1, 0.15) is 29.5 Å². The summed E-state index contributed by atoms with van der Waals surface area (Å²) in [5, 5.41) is 8.67. The molecule has 0 spiro atoms. The second kappa shape index (κ2) is 17.3. The molecule has 318 valence electrons. The Morgan fingerprint density at radius 3 is 2.48 bits per heavy atom. The number of benzene rings is 3. The third-order valence-corrected chi connectivity index (χ3v) is 14.3. The number of thiazole rings is 1. The smallest absolute Gasteiger partial charge is 0.259 e. The standard InChI is InChI=1S/C44H44FN7O6S2.CH4/c45-30-19-17-27(18-20-30)36-26-59-43(48-36)47-35-16-8-3-1-2-7-13-29-24-44(29,42(55)51-60(56,57)32-21-22-32)50-39(53)37-23-31(25-52(37)41(35)54)58-40-33-14-9-10-15-34(33)46-38(49-40)28-11-5-4-6-12-28;/h4-7,9-15,17-20,26,29,31-32,35,37H,1-3,8,16,21-25H2,(H,47,48)(H,50,53)(H,51,55);1H4/b13-7-;/t29-,31-,35+,37+,44-;/m1./s1. The fourth-order valence-electron chi connectivity index (χ4n) is 8.10. The van der Waals surface area contributed by atoms with Gasteiger partial charge in [0.05, 0.1) is 28.4 Å². The highest BCUT2D eigenvalue weighted by molar-refractivity contribution is 7.91. The van der Waals surface area contributed by atoms with Crippen LogP contribution in [0.4, 0.5) is 9.52 Å². The van der Waals surface area contributed by atoms with Crippen LogP contribution in [0.3, 0.4) is 0 Å². The fraction of sp³-hybridized carbons (Fsp3) is 0.378. The molecule has 13 nitrogen and oxygen atoms in total. The lowest BCUT2D eigenvalue weighted by Gasteiger charge is -2.29. The van der Waals surface area contributed by atoms with Crippen LogP contribution >= 0.6 is 11.3 Å². The number of sulfonamides is 1. The Bertz CT molecular complexity index is 2570. The van der Waals surface area contributed by atoms with E-state index in [1.165, 1.54) is 28.4 Å². The summed E-state index contributed by atoms with van der Waals surface area (Å²) >= 11 is 1.32. The number of hydrogen-bond donors (Lipinski definition) is 3. The molecule has 5 atom stereocenters. The summed E-state index contributed by atoms with van der Waals surface area (Å²) in [5.41, 5.74) is 1.32. The van der Waals surface area contributed by atoms with Crippen LogP contribution in [0, 0.1) is 11.7 Å². The normalized spacial score (nSPS) is 24.8. The molecule has 0 radical (unpaired) electrons. The molecule has 5 aromatic rings. The molecule has 9 rings (SSSR count). The Morgan fingerprint density at radius 2 is 1.69 bits per heavy atom. The molecule has 4 heterocycles. The van der Waals surface area contributed by atoms with Gasteiger partial charge in [0.15, 0.2) is 11.0 Å². The van der Waals surface area contributed by atoms with E-state index in [2.05, 4.69) is 15.4 Å². The molecule has 16 heteroatoms. The number of rotatable bonds is 9. The number of aromatic nitrogens is 3. The van der Waals surface area contributed by atoms with Gasteiger partial charge in [0.2, 0.25) is 27.7 Å². The van der Waals surface area contributed by atoms with Crippen LogP contribution in [0.15, 0.2) is 96.4 Å². The highest BCUT2D eigenvalue weighted by Gasteiger charge is 2.62. The maximum Gasteiger partial charge on any atom is 0.259 e. The summed E-state index contributed by atoms with van der Waals surface area (Å²) in [5.74, 6) is -1.70. The Labute approximate surface area is 358 Å². The molecule has 4 aliphatic rings. The molecule has 3 N–H and O–H groups in total. The number of carbonyl (C=O) groups excluding carboxylic acids is 3. The number of para-hydroxylation sites is 1. The molecule has 2 aliphatic carbocycles. The Balaban J connectivity index is 0.00000514. The number of fused-ring (bicyclic) bond motifs is 3. The number of carbonyl (C=O) groups is 3. The maximum absolute atomic E-state index is 14.9. The number of nitrogens with zero attached hydrogens (tertiary/aromatic N) is 4. The van der Waals surface area contributed by atoms with Gasteiger partial charge in [-0.05, 0) is 74.9 Å². The average Bonchev–Trinajstić information content (AvgIpc) is 4.14. The van der Waals surface area contributed by atoms with Crippen molar-refractivity contribution in [3.63, 3.8) is 0 Å². The predicted molar refractivity (Wildman–Crippen MR) is 232 cm³/mol. The minimum atomic E-state index is -3.90. The van der Waals surface area contributed by atoms with E-state index in [0.29, 0.717) is 59.1 Å². The molecule has 2 aliphatic heterocycles. The molecule has 3 fully saturated rings. The molecule has 0 unspecified atom stereocenters. The van der Waals surface area contributed by atoms with Gasteiger partial charge >= 0.3 is 0 Å². The van der Waals surface area contributed by atoms with Gasteiger partial charge in [-0.2, -0.15) is 4.98 Å². The number of allylic oxidation sites excluding steroid dienone is 1. The topological polar surface area (TPSA) is 173 Å². The Kier molecular flexibility index (Phi) is 11.9. The first-order chi connectivity index (χ1) is 29.1. The van der Waals surface area contributed by atoms with Gasteiger partial charge in [-0.15, -0.1) is 11.3 Å². The van der Waals surface area contributed by atoms with Crippen molar-refractivity contribution in [1.29, 1.82) is 0 Å². The van der Waals surface area contributed by atoms with Crippen LogP contribution in [-0.4, -0.2) is 81.5 Å². The Morgan fingerprint density at radius 1 is 0.918 bits per heavy atom. The van der Waals surface area contributed by atoms with Crippen LogP contribution < -0.4 is 20.1 Å². The van der Waals surface area contributed by atoms with Crippen molar-refractivity contribution in [3.05, 3.63) is 102 Å². The number of anilines is 1. The summed E-state index contributed by atoms with van der Waals surface area (Å²) in [6.45, 7) is 0.0331. The second-order valence-corrected chi connectivity index (χ2v) is 18.8. The van der Waals surface area contributed by atoms with Crippen LogP contribution in [0.1, 0.15) is 65.2 Å². The van der Waals surface area contributed by atoms with E-state index in [-0.39, 0.29) is 38.5 Å². The van der Waals surface area contributed by atoms with Crippen molar-refractivity contribution in [1.82, 2.24) is 29.9 Å². The molecular weight excluding hydrogens is 818 g/mol. The fourth-order valence-corrected chi connectivity index (χ4v) is 10.2. The molecule has 3 amide bonds. The van der Waals surface area contributed by atoms with E-state index in [4.69, 9.17) is 19.7 Å². The third-order valence-electron chi connectivity index (χ3n) is 11.7. The third kappa shape index (κ3) is 9.01. The zero-order valence-electron chi connectivity index (χ0n) is 32.6. The molecule has 3 aromatic carbocycles. The van der Waals surface area contributed by atoms with E-state index < -0.39 is 56.7 Å². The maximum atomic E-state index is 14.9. The number of amides is 3. The van der Waals surface area contributed by atoms with Gasteiger partial charge < -0.3 is 20.3 Å². The lowest BCUT2D eigenvalue weighted by Crippen LogP contribution is -2.57. The second-order valence-electron chi connectivity index (χ2n) is 16.0. The number of hydrogen-bond acceptors (Lipinski definition) is 11. The molecule has 1 saturated heterocycles. The highest BCUT2D eigenvalue weighted by Crippen LogP contribution is 2.46. The quantitative estimate of drug-likeness (QED) is 0.131. The largest absolute Gasteiger partial charge is 0.472 e. The van der Waals surface area contributed by atoms with Crippen LogP contribution in [0.5, 0.6) is 5.88 Å². The van der Waals surface area contributed by atoms with Gasteiger partial charge in [-0.25, -0.2) is 22.8 Å². The van der Waals surface area contributed by atoms with Crippen molar-refractivity contribution >= 4 is 55.1 Å². The van der Waals surface area contributed by atoms with Crippen molar-refractivity contribution in [3.8, 4) is 28.5 Å². The zero-order chi connectivity index (χ0) is 41.4. The van der Waals surface area contributed by atoms with Gasteiger partial charge in [-0.1, -0.05) is 74.9 Å². The molecule has 61 heavy (non-hydrogen) atoms. The first-order valence-electron chi connectivity index (χ1n) is 20.4. The molecule has 0 bridgehead atoms. The van der Waals surface area contributed by atoms with E-state index in [1.807, 2.05) is 72.1 Å². The summed E-state index contributed by atoms with van der Waals surface area (Å²) < 4.78 is 48.5. The van der Waals surface area contributed by atoms with Gasteiger partial charge in [0.25, 0.3) is 5.91 Å². The first-order valence-corrected chi connectivity index (χ1v) is 22.8. The minimum Gasteiger partial charge on any atom is -0.472 e. The number of nitrogens with one attached hydrogen (secondary N) is 3. The van der Waals surface area contributed by atoms with Crippen LogP contribution in [0.25, 0.3) is 33.5 Å².